The summed E-state index contributed by atoms with van der Waals surface area (Å²) in [5.74, 6) is -0.184. The predicted molar refractivity (Wildman–Crippen MR) is 87.5 cm³/mol. The molecule has 2 aromatic carbocycles. The Bertz CT molecular complexity index is 598. The molecule has 0 aliphatic heterocycles. The molecule has 0 saturated heterocycles. The average Bonchev–Trinajstić information content (AvgIpc) is 2.42. The smallest absolute Gasteiger partial charge is 0.123 e. The van der Waals surface area contributed by atoms with Crippen LogP contribution in [0.4, 0.5) is 4.39 Å². The summed E-state index contributed by atoms with van der Waals surface area (Å²) < 4.78 is 13.3. The third kappa shape index (κ3) is 4.83. The highest BCUT2D eigenvalue weighted by molar-refractivity contribution is 6.31. The van der Waals surface area contributed by atoms with Crippen molar-refractivity contribution in [3.63, 3.8) is 0 Å². The molecule has 21 heavy (non-hydrogen) atoms. The summed E-state index contributed by atoms with van der Waals surface area (Å²) in [6, 6.07) is 13.2. The Morgan fingerprint density at radius 2 is 1.95 bits per heavy atom. The summed E-state index contributed by atoms with van der Waals surface area (Å²) in [6.07, 6.45) is 1.62. The second-order valence-corrected chi connectivity index (χ2v) is 5.79. The zero-order chi connectivity index (χ0) is 15.2. The molecule has 0 aromatic heterocycles. The van der Waals surface area contributed by atoms with Crippen molar-refractivity contribution in [3.05, 3.63) is 70.0 Å². The minimum Gasteiger partial charge on any atom is -0.314 e. The van der Waals surface area contributed by atoms with Gasteiger partial charge in [-0.1, -0.05) is 42.8 Å². The van der Waals surface area contributed by atoms with Gasteiger partial charge in [-0.05, 0) is 61.2 Å². The van der Waals surface area contributed by atoms with Crippen molar-refractivity contribution in [2.24, 2.45) is 0 Å². The fraction of sp³-hybridized carbons (Fsp3) is 0.333. The van der Waals surface area contributed by atoms with Crippen molar-refractivity contribution >= 4 is 11.6 Å². The monoisotopic (exact) mass is 305 g/mol. The molecule has 0 heterocycles. The van der Waals surface area contributed by atoms with Gasteiger partial charge in [-0.15, -0.1) is 0 Å². The van der Waals surface area contributed by atoms with E-state index in [1.165, 1.54) is 6.07 Å². The minimum atomic E-state index is -0.184. The Labute approximate surface area is 131 Å². The molecule has 0 aliphatic rings. The quantitative estimate of drug-likeness (QED) is 0.825. The maximum Gasteiger partial charge on any atom is 0.123 e. The zero-order valence-corrected chi connectivity index (χ0v) is 13.3. The molecule has 1 unspecified atom stereocenters. The largest absolute Gasteiger partial charge is 0.314 e. The molecule has 0 radical (unpaired) electrons. The molecular weight excluding hydrogens is 285 g/mol. The molecule has 0 aliphatic carbocycles. The van der Waals surface area contributed by atoms with Crippen molar-refractivity contribution in [1.82, 2.24) is 5.32 Å². The molecule has 112 valence electrons. The third-order valence-corrected chi connectivity index (χ3v) is 3.89. The lowest BCUT2D eigenvalue weighted by molar-refractivity contribution is 0.519. The molecule has 0 fully saturated rings. The summed E-state index contributed by atoms with van der Waals surface area (Å²) >= 11 is 6.31. The molecule has 2 aromatic rings. The van der Waals surface area contributed by atoms with E-state index in [9.17, 15) is 4.39 Å². The Hall–Kier alpha value is -1.38. The van der Waals surface area contributed by atoms with Crippen LogP contribution in [0.15, 0.2) is 42.5 Å². The molecular formula is C18H21ClFN. The van der Waals surface area contributed by atoms with Gasteiger partial charge < -0.3 is 5.32 Å². The van der Waals surface area contributed by atoms with Crippen LogP contribution in [0.1, 0.15) is 23.6 Å². The number of aryl methyl sites for hydroxylation is 1. The fourth-order valence-electron chi connectivity index (χ4n) is 2.54. The maximum atomic E-state index is 13.3. The van der Waals surface area contributed by atoms with Gasteiger partial charge in [0.15, 0.2) is 0 Å². The van der Waals surface area contributed by atoms with Crippen LogP contribution < -0.4 is 5.32 Å². The Kier molecular flexibility index (Phi) is 5.77. The van der Waals surface area contributed by atoms with Crippen LogP contribution in [0.25, 0.3) is 0 Å². The van der Waals surface area contributed by atoms with Crippen LogP contribution in [0.2, 0.25) is 5.02 Å². The second kappa shape index (κ2) is 7.58. The number of rotatable bonds is 6. The molecule has 0 amide bonds. The third-order valence-electron chi connectivity index (χ3n) is 3.54. The summed E-state index contributed by atoms with van der Waals surface area (Å²) in [6.45, 7) is 4.99. The van der Waals surface area contributed by atoms with E-state index < -0.39 is 0 Å². The lowest BCUT2D eigenvalue weighted by Gasteiger charge is -2.19. The molecule has 2 rings (SSSR count). The zero-order valence-electron chi connectivity index (χ0n) is 12.5. The predicted octanol–water partition coefficient (Wildman–Crippen LogP) is 4.55. The Morgan fingerprint density at radius 1 is 1.14 bits per heavy atom. The normalized spacial score (nSPS) is 12.4. The summed E-state index contributed by atoms with van der Waals surface area (Å²) in [7, 11) is 0. The van der Waals surface area contributed by atoms with Gasteiger partial charge >= 0.3 is 0 Å². The van der Waals surface area contributed by atoms with Gasteiger partial charge in [-0.25, -0.2) is 4.39 Å². The topological polar surface area (TPSA) is 12.0 Å². The van der Waals surface area contributed by atoms with E-state index in [0.717, 1.165) is 41.1 Å². The summed E-state index contributed by atoms with van der Waals surface area (Å²) in [4.78, 5) is 0. The van der Waals surface area contributed by atoms with Crippen LogP contribution in [0.3, 0.4) is 0 Å². The summed E-state index contributed by atoms with van der Waals surface area (Å²) in [5, 5.41) is 4.26. The van der Waals surface area contributed by atoms with Gasteiger partial charge in [0.2, 0.25) is 0 Å². The Balaban J connectivity index is 2.11. The van der Waals surface area contributed by atoms with E-state index in [1.807, 2.05) is 19.1 Å². The van der Waals surface area contributed by atoms with Gasteiger partial charge in [-0.2, -0.15) is 0 Å². The number of nitrogens with one attached hydrogen (secondary N) is 1. The minimum absolute atomic E-state index is 0.184. The number of halogens is 2. The van der Waals surface area contributed by atoms with Crippen molar-refractivity contribution in [2.45, 2.75) is 32.7 Å². The van der Waals surface area contributed by atoms with E-state index in [2.05, 4.69) is 24.4 Å². The molecule has 1 atom stereocenters. The van der Waals surface area contributed by atoms with E-state index in [1.54, 1.807) is 12.1 Å². The number of likely N-dealkylation sites (N-methyl/N-ethyl adjacent to an activating group) is 1. The Morgan fingerprint density at radius 3 is 2.62 bits per heavy atom. The van der Waals surface area contributed by atoms with Crippen LogP contribution >= 0.6 is 11.6 Å². The first-order valence-electron chi connectivity index (χ1n) is 7.31. The first kappa shape index (κ1) is 16.0. The van der Waals surface area contributed by atoms with Gasteiger partial charge in [0.25, 0.3) is 0 Å². The fourth-order valence-corrected chi connectivity index (χ4v) is 2.85. The van der Waals surface area contributed by atoms with Gasteiger partial charge in [0.1, 0.15) is 5.82 Å². The van der Waals surface area contributed by atoms with E-state index in [0.29, 0.717) is 0 Å². The van der Waals surface area contributed by atoms with Crippen molar-refractivity contribution in [2.75, 3.05) is 6.54 Å². The lowest BCUT2D eigenvalue weighted by Crippen LogP contribution is -2.33. The number of hydrogen-bond acceptors (Lipinski definition) is 1. The van der Waals surface area contributed by atoms with E-state index in [4.69, 9.17) is 11.6 Å². The number of hydrogen-bond donors (Lipinski definition) is 1. The molecule has 1 N–H and O–H groups in total. The van der Waals surface area contributed by atoms with Crippen LogP contribution in [-0.2, 0) is 12.8 Å². The van der Waals surface area contributed by atoms with E-state index >= 15 is 0 Å². The first-order valence-corrected chi connectivity index (χ1v) is 7.69. The van der Waals surface area contributed by atoms with Gasteiger partial charge in [0, 0.05) is 11.1 Å². The standard InChI is InChI=1S/C18H21ClFN/c1-3-21-17(11-14-5-4-6-16(20)10-14)12-15-8-7-13(2)9-18(15)19/h4-10,17,21H,3,11-12H2,1-2H3. The molecule has 0 bridgehead atoms. The second-order valence-electron chi connectivity index (χ2n) is 5.39. The lowest BCUT2D eigenvalue weighted by atomic mass is 9.98. The van der Waals surface area contributed by atoms with Crippen LogP contribution in [0, 0.1) is 12.7 Å². The van der Waals surface area contributed by atoms with Crippen LogP contribution in [0.5, 0.6) is 0 Å². The molecule has 3 heteroatoms. The van der Waals surface area contributed by atoms with Crippen molar-refractivity contribution < 1.29 is 4.39 Å². The van der Waals surface area contributed by atoms with Crippen molar-refractivity contribution in [3.8, 4) is 0 Å². The molecule has 1 nitrogen and oxygen atoms in total. The highest BCUT2D eigenvalue weighted by Crippen LogP contribution is 2.20. The van der Waals surface area contributed by atoms with Gasteiger partial charge in [-0.3, -0.25) is 0 Å². The van der Waals surface area contributed by atoms with Crippen molar-refractivity contribution in [1.29, 1.82) is 0 Å². The molecule has 0 saturated carbocycles. The average molecular weight is 306 g/mol. The van der Waals surface area contributed by atoms with E-state index in [-0.39, 0.29) is 11.9 Å². The van der Waals surface area contributed by atoms with Gasteiger partial charge in [0.05, 0.1) is 0 Å². The first-order chi connectivity index (χ1) is 10.1. The summed E-state index contributed by atoms with van der Waals surface area (Å²) in [5.41, 5.74) is 3.29. The molecule has 0 spiro atoms. The maximum absolute atomic E-state index is 13.3. The number of benzene rings is 2. The highest BCUT2D eigenvalue weighted by atomic mass is 35.5. The SMILES string of the molecule is CCNC(Cc1cccc(F)c1)Cc1ccc(C)cc1Cl. The van der Waals surface area contributed by atoms with Crippen LogP contribution in [-0.4, -0.2) is 12.6 Å². The highest BCUT2D eigenvalue weighted by Gasteiger charge is 2.12.